The van der Waals surface area contributed by atoms with Crippen LogP contribution in [0.15, 0.2) is 47.4 Å². The molecule has 128 valence electrons. The quantitative estimate of drug-likeness (QED) is 0.788. The first-order valence-corrected chi connectivity index (χ1v) is 7.37. The molecule has 2 aromatic rings. The molecule has 0 N–H and O–H groups in total. The van der Waals surface area contributed by atoms with E-state index in [1.165, 1.54) is 18.2 Å². The molecule has 0 radical (unpaired) electrons. The number of aromatic nitrogens is 1. The fourth-order valence-electron chi connectivity index (χ4n) is 2.38. The van der Waals surface area contributed by atoms with Crippen molar-refractivity contribution in [3.05, 3.63) is 69.6 Å². The average Bonchev–Trinajstić information content (AvgIpc) is 2.52. The van der Waals surface area contributed by atoms with Gasteiger partial charge in [-0.1, -0.05) is 18.2 Å². The first-order valence-electron chi connectivity index (χ1n) is 7.37. The van der Waals surface area contributed by atoms with E-state index in [9.17, 15) is 27.9 Å². The summed E-state index contributed by atoms with van der Waals surface area (Å²) < 4.78 is 37.9. The summed E-state index contributed by atoms with van der Waals surface area (Å²) in [6, 6.07) is 7.99. The van der Waals surface area contributed by atoms with E-state index in [1.807, 2.05) is 0 Å². The van der Waals surface area contributed by atoms with Crippen LogP contribution in [0, 0.1) is 0 Å². The Bertz CT molecular complexity index is 764. The third-order valence-electron chi connectivity index (χ3n) is 3.67. The molecule has 0 saturated heterocycles. The van der Waals surface area contributed by atoms with Crippen molar-refractivity contribution in [3.8, 4) is 0 Å². The fourth-order valence-corrected chi connectivity index (χ4v) is 2.38. The molecule has 1 aromatic carbocycles. The Hall–Kier alpha value is -2.57. The van der Waals surface area contributed by atoms with Gasteiger partial charge in [0.05, 0.1) is 5.56 Å². The second kappa shape index (κ2) is 7.33. The number of hydrogen-bond donors (Lipinski definition) is 0. The Morgan fingerprint density at radius 3 is 2.25 bits per heavy atom. The van der Waals surface area contributed by atoms with Gasteiger partial charge in [0.1, 0.15) is 6.09 Å². The summed E-state index contributed by atoms with van der Waals surface area (Å²) in [5.41, 5.74) is -0.150. The molecule has 0 atom stereocenters. The van der Waals surface area contributed by atoms with Gasteiger partial charge in [-0.3, -0.25) is 9.36 Å². The Morgan fingerprint density at radius 1 is 1.04 bits per heavy atom. The van der Waals surface area contributed by atoms with Crippen LogP contribution in [0.5, 0.6) is 0 Å². The van der Waals surface area contributed by atoms with E-state index < -0.39 is 23.4 Å². The molecule has 0 unspecified atom stereocenters. The maximum atomic E-state index is 12.5. The van der Waals surface area contributed by atoms with Crippen LogP contribution in [0.4, 0.5) is 18.0 Å². The van der Waals surface area contributed by atoms with Crippen molar-refractivity contribution < 1.29 is 23.1 Å². The molecular weight excluding hydrogens is 323 g/mol. The van der Waals surface area contributed by atoms with Crippen LogP contribution in [0.1, 0.15) is 29.5 Å². The minimum Gasteiger partial charge on any atom is -0.529 e. The molecule has 0 aliphatic carbocycles. The second-order valence-corrected chi connectivity index (χ2v) is 5.38. The number of carbonyl (C=O) groups excluding carboxylic acids is 1. The average molecular weight is 338 g/mol. The first kappa shape index (κ1) is 17.8. The van der Waals surface area contributed by atoms with E-state index in [1.54, 1.807) is 6.07 Å². The standard InChI is InChI=1S/C17H16F3NO3/c18-17(19,20)14-9-7-12(8-10-14)4-1-2-5-13-6-3-11-21(15(13)22)16(23)24/h3,6-11H,1-2,4-5H2,(H,23,24)/p-1. The lowest BCUT2D eigenvalue weighted by molar-refractivity contribution is -0.250. The summed E-state index contributed by atoms with van der Waals surface area (Å²) in [4.78, 5) is 22.6. The van der Waals surface area contributed by atoms with Crippen molar-refractivity contribution in [2.45, 2.75) is 31.9 Å². The lowest BCUT2D eigenvalue weighted by atomic mass is 10.0. The van der Waals surface area contributed by atoms with Crippen molar-refractivity contribution in [2.75, 3.05) is 0 Å². The highest BCUT2D eigenvalue weighted by Crippen LogP contribution is 2.29. The van der Waals surface area contributed by atoms with Crippen molar-refractivity contribution in [3.63, 3.8) is 0 Å². The molecule has 0 saturated carbocycles. The van der Waals surface area contributed by atoms with E-state index in [0.29, 0.717) is 35.8 Å². The summed E-state index contributed by atoms with van der Waals surface area (Å²) in [7, 11) is 0. The number of carbonyl (C=O) groups is 1. The molecule has 2 rings (SSSR count). The SMILES string of the molecule is O=C([O-])n1cccc(CCCCc2ccc(C(F)(F)F)cc2)c1=O. The second-order valence-electron chi connectivity index (χ2n) is 5.38. The van der Waals surface area contributed by atoms with Gasteiger partial charge in [-0.05, 0) is 49.4 Å². The lowest BCUT2D eigenvalue weighted by Crippen LogP contribution is -2.37. The number of aryl methyl sites for hydroxylation is 2. The minimum absolute atomic E-state index is 0.370. The summed E-state index contributed by atoms with van der Waals surface area (Å²) >= 11 is 0. The zero-order chi connectivity index (χ0) is 17.7. The Kier molecular flexibility index (Phi) is 5.43. The van der Waals surface area contributed by atoms with E-state index in [-0.39, 0.29) is 0 Å². The van der Waals surface area contributed by atoms with Gasteiger partial charge in [0.25, 0.3) is 5.56 Å². The van der Waals surface area contributed by atoms with Crippen LogP contribution in [-0.2, 0) is 19.0 Å². The number of nitrogens with zero attached hydrogens (tertiary/aromatic N) is 1. The largest absolute Gasteiger partial charge is 0.529 e. The van der Waals surface area contributed by atoms with Crippen LogP contribution in [0.25, 0.3) is 0 Å². The van der Waals surface area contributed by atoms with Gasteiger partial charge >= 0.3 is 6.18 Å². The number of carboxylic acid groups (broad SMARTS) is 1. The summed E-state index contributed by atoms with van der Waals surface area (Å²) in [6.07, 6.45) is -2.52. The van der Waals surface area contributed by atoms with Crippen molar-refractivity contribution >= 4 is 6.09 Å². The summed E-state index contributed by atoms with van der Waals surface area (Å²) in [5.74, 6) is 0. The molecule has 24 heavy (non-hydrogen) atoms. The molecule has 1 heterocycles. The van der Waals surface area contributed by atoms with Crippen LogP contribution < -0.4 is 10.7 Å². The van der Waals surface area contributed by atoms with Gasteiger partial charge in [0.15, 0.2) is 0 Å². The van der Waals surface area contributed by atoms with Crippen molar-refractivity contribution in [2.24, 2.45) is 0 Å². The maximum Gasteiger partial charge on any atom is 0.416 e. The topological polar surface area (TPSA) is 62.1 Å². The van der Waals surface area contributed by atoms with Crippen LogP contribution >= 0.6 is 0 Å². The monoisotopic (exact) mass is 338 g/mol. The molecule has 0 amide bonds. The highest BCUT2D eigenvalue weighted by molar-refractivity contribution is 5.65. The lowest BCUT2D eigenvalue weighted by Gasteiger charge is -2.09. The normalized spacial score (nSPS) is 11.5. The van der Waals surface area contributed by atoms with E-state index in [2.05, 4.69) is 0 Å². The smallest absolute Gasteiger partial charge is 0.416 e. The minimum atomic E-state index is -4.34. The van der Waals surface area contributed by atoms with Gasteiger partial charge in [0, 0.05) is 11.8 Å². The van der Waals surface area contributed by atoms with Crippen molar-refractivity contribution in [1.29, 1.82) is 0 Å². The van der Waals surface area contributed by atoms with Gasteiger partial charge in [-0.15, -0.1) is 0 Å². The van der Waals surface area contributed by atoms with Crippen LogP contribution in [-0.4, -0.2) is 10.7 Å². The molecule has 4 nitrogen and oxygen atoms in total. The number of alkyl halides is 3. The number of benzene rings is 1. The predicted octanol–water partition coefficient (Wildman–Crippen LogP) is 2.62. The zero-order valence-corrected chi connectivity index (χ0v) is 12.7. The van der Waals surface area contributed by atoms with Crippen LogP contribution in [0.2, 0.25) is 0 Å². The molecule has 1 aromatic heterocycles. The van der Waals surface area contributed by atoms with Gasteiger partial charge in [-0.25, -0.2) is 0 Å². The molecular formula is C17H15F3NO3-. The Balaban J connectivity index is 1.89. The molecule has 0 aliphatic rings. The molecule has 0 spiro atoms. The Morgan fingerprint density at radius 2 is 1.67 bits per heavy atom. The zero-order valence-electron chi connectivity index (χ0n) is 12.7. The van der Waals surface area contributed by atoms with Crippen molar-refractivity contribution in [1.82, 2.24) is 4.57 Å². The number of rotatable bonds is 5. The first-order chi connectivity index (χ1) is 11.3. The third-order valence-corrected chi connectivity index (χ3v) is 3.67. The number of pyridine rings is 1. The number of unbranched alkanes of at least 4 members (excludes halogenated alkanes) is 1. The Labute approximate surface area is 136 Å². The number of halogens is 3. The van der Waals surface area contributed by atoms with E-state index >= 15 is 0 Å². The highest BCUT2D eigenvalue weighted by Gasteiger charge is 2.29. The van der Waals surface area contributed by atoms with E-state index in [4.69, 9.17) is 0 Å². The molecule has 0 bridgehead atoms. The van der Waals surface area contributed by atoms with E-state index in [0.717, 1.165) is 23.9 Å². The maximum absolute atomic E-state index is 12.5. The third kappa shape index (κ3) is 4.47. The predicted molar refractivity (Wildman–Crippen MR) is 79.6 cm³/mol. The number of hydrogen-bond acceptors (Lipinski definition) is 3. The van der Waals surface area contributed by atoms with Gasteiger partial charge in [0.2, 0.25) is 0 Å². The molecule has 7 heteroatoms. The van der Waals surface area contributed by atoms with Crippen LogP contribution in [0.3, 0.4) is 0 Å². The molecule has 0 aliphatic heterocycles. The van der Waals surface area contributed by atoms with Gasteiger partial charge < -0.3 is 9.90 Å². The fraction of sp³-hybridized carbons (Fsp3) is 0.294. The highest BCUT2D eigenvalue weighted by atomic mass is 19.4. The summed E-state index contributed by atoms with van der Waals surface area (Å²) in [5, 5.41) is 10.8. The van der Waals surface area contributed by atoms with Gasteiger partial charge in [-0.2, -0.15) is 13.2 Å². The summed E-state index contributed by atoms with van der Waals surface area (Å²) in [6.45, 7) is 0. The molecule has 0 fully saturated rings.